The maximum absolute atomic E-state index is 13.5. The Morgan fingerprint density at radius 3 is 2.50 bits per heavy atom. The Morgan fingerprint density at radius 2 is 1.82 bits per heavy atom. The molecule has 2 N–H and O–H groups in total. The van der Waals surface area contributed by atoms with E-state index >= 15 is 0 Å². The molecule has 0 amide bonds. The van der Waals surface area contributed by atoms with Crippen molar-refractivity contribution in [2.24, 2.45) is 0 Å². The summed E-state index contributed by atoms with van der Waals surface area (Å²) in [5.74, 6) is 6.48. The number of ether oxygens (including phenoxy) is 1. The molecule has 0 unspecified atom stereocenters. The van der Waals surface area contributed by atoms with Crippen LogP contribution < -0.4 is 15.4 Å². The first-order valence-corrected chi connectivity index (χ1v) is 12.9. The molecular formula is C30H33F3N4O. The number of fused-ring (bicyclic) bond motifs is 1. The summed E-state index contributed by atoms with van der Waals surface area (Å²) >= 11 is 0. The number of anilines is 2. The Bertz CT molecular complexity index is 1380. The van der Waals surface area contributed by atoms with Crippen LogP contribution in [0.5, 0.6) is 5.75 Å². The van der Waals surface area contributed by atoms with Crippen molar-refractivity contribution in [3.8, 4) is 23.7 Å². The summed E-state index contributed by atoms with van der Waals surface area (Å²) < 4.78 is 47.2. The Balaban J connectivity index is 1.59. The molecule has 1 aliphatic carbocycles. The van der Waals surface area contributed by atoms with Crippen LogP contribution in [0.25, 0.3) is 10.9 Å². The summed E-state index contributed by atoms with van der Waals surface area (Å²) in [4.78, 5) is 0. The smallest absolute Gasteiger partial charge is 0.406 e. The van der Waals surface area contributed by atoms with Gasteiger partial charge >= 0.3 is 6.18 Å². The maximum atomic E-state index is 13.5. The number of benzene rings is 2. The van der Waals surface area contributed by atoms with E-state index in [9.17, 15) is 18.4 Å². The van der Waals surface area contributed by atoms with Gasteiger partial charge in [0.1, 0.15) is 12.3 Å². The molecule has 200 valence electrons. The summed E-state index contributed by atoms with van der Waals surface area (Å²) in [6.45, 7) is 2.76. The minimum atomic E-state index is -4.38. The van der Waals surface area contributed by atoms with Crippen LogP contribution in [0.2, 0.25) is 0 Å². The standard InChI is InChI=1S/C30H33F3N4O/c1-29(2,19-34)21-14-15-26(28(17-21)38-3)35-16-8-11-23-18-24-25(36-22-9-5-4-6-10-22)12-7-13-27(24)37(23)20-30(31,32)33/h7,12-15,17-18,22,35-36H,4-6,9-10,16,20H2,1-3H3. The molecule has 4 rings (SSSR count). The summed E-state index contributed by atoms with van der Waals surface area (Å²) in [7, 11) is 1.55. The second kappa shape index (κ2) is 11.3. The second-order valence-electron chi connectivity index (χ2n) is 10.3. The highest BCUT2D eigenvalue weighted by molar-refractivity contribution is 5.94. The third kappa shape index (κ3) is 6.37. The third-order valence-corrected chi connectivity index (χ3v) is 7.03. The van der Waals surface area contributed by atoms with Gasteiger partial charge in [-0.15, -0.1) is 0 Å². The van der Waals surface area contributed by atoms with Gasteiger partial charge in [0.05, 0.1) is 42.0 Å². The van der Waals surface area contributed by atoms with Gasteiger partial charge in [-0.3, -0.25) is 0 Å². The second-order valence-corrected chi connectivity index (χ2v) is 10.3. The van der Waals surface area contributed by atoms with Crippen molar-refractivity contribution < 1.29 is 17.9 Å². The first-order chi connectivity index (χ1) is 18.1. The van der Waals surface area contributed by atoms with Crippen molar-refractivity contribution in [1.29, 1.82) is 5.26 Å². The molecule has 0 radical (unpaired) electrons. The van der Waals surface area contributed by atoms with E-state index in [1.54, 1.807) is 31.4 Å². The highest BCUT2D eigenvalue weighted by atomic mass is 19.4. The van der Waals surface area contributed by atoms with Crippen molar-refractivity contribution in [2.45, 2.75) is 70.1 Å². The van der Waals surface area contributed by atoms with Crippen molar-refractivity contribution in [2.75, 3.05) is 24.3 Å². The predicted octanol–water partition coefficient (Wildman–Crippen LogP) is 7.22. The van der Waals surface area contributed by atoms with Crippen LogP contribution in [0.4, 0.5) is 24.5 Å². The average molecular weight is 523 g/mol. The average Bonchev–Trinajstić information content (AvgIpc) is 3.23. The molecule has 0 aliphatic heterocycles. The van der Waals surface area contributed by atoms with E-state index in [2.05, 4.69) is 28.5 Å². The number of nitrogens with zero attached hydrogens (tertiary/aromatic N) is 2. The lowest BCUT2D eigenvalue weighted by Gasteiger charge is -2.24. The summed E-state index contributed by atoms with van der Waals surface area (Å²) in [5, 5.41) is 16.9. The van der Waals surface area contributed by atoms with E-state index in [-0.39, 0.29) is 6.54 Å². The number of rotatable bonds is 7. The Morgan fingerprint density at radius 1 is 1.05 bits per heavy atom. The fourth-order valence-corrected chi connectivity index (χ4v) is 4.90. The number of hydrogen-bond acceptors (Lipinski definition) is 4. The largest absolute Gasteiger partial charge is 0.495 e. The van der Waals surface area contributed by atoms with Crippen LogP contribution in [0.1, 0.15) is 57.2 Å². The number of alkyl halides is 3. The molecule has 0 bridgehead atoms. The minimum absolute atomic E-state index is 0.206. The van der Waals surface area contributed by atoms with E-state index < -0.39 is 18.1 Å². The van der Waals surface area contributed by atoms with E-state index in [4.69, 9.17) is 4.74 Å². The predicted molar refractivity (Wildman–Crippen MR) is 145 cm³/mol. The fourth-order valence-electron chi connectivity index (χ4n) is 4.90. The quantitative estimate of drug-likeness (QED) is 0.322. The summed E-state index contributed by atoms with van der Waals surface area (Å²) in [5.41, 5.74) is 2.52. The Labute approximate surface area is 222 Å². The van der Waals surface area contributed by atoms with Gasteiger partial charge < -0.3 is 19.9 Å². The van der Waals surface area contributed by atoms with Gasteiger partial charge in [-0.1, -0.05) is 37.3 Å². The number of halogens is 3. The molecule has 1 heterocycles. The zero-order valence-corrected chi connectivity index (χ0v) is 22.0. The van der Waals surface area contributed by atoms with Crippen LogP contribution in [0.3, 0.4) is 0 Å². The van der Waals surface area contributed by atoms with Gasteiger partial charge in [-0.2, -0.15) is 18.4 Å². The van der Waals surface area contributed by atoms with Gasteiger partial charge in [0, 0.05) is 17.1 Å². The highest BCUT2D eigenvalue weighted by Gasteiger charge is 2.30. The van der Waals surface area contributed by atoms with Crippen LogP contribution in [0, 0.1) is 23.2 Å². The number of nitriles is 1. The molecule has 8 heteroatoms. The van der Waals surface area contributed by atoms with Crippen molar-refractivity contribution in [1.82, 2.24) is 4.57 Å². The number of methoxy groups -OCH3 is 1. The van der Waals surface area contributed by atoms with Gasteiger partial charge in [0.2, 0.25) is 0 Å². The molecule has 3 aromatic rings. The zero-order chi connectivity index (χ0) is 27.3. The van der Waals surface area contributed by atoms with E-state index in [0.717, 1.165) is 42.3 Å². The number of aromatic nitrogens is 1. The van der Waals surface area contributed by atoms with Gasteiger partial charge in [-0.25, -0.2) is 0 Å². The molecule has 1 aliphatic rings. The van der Waals surface area contributed by atoms with Crippen LogP contribution in [0.15, 0.2) is 42.5 Å². The topological polar surface area (TPSA) is 62.0 Å². The van der Waals surface area contributed by atoms with Crippen molar-refractivity contribution in [3.63, 3.8) is 0 Å². The van der Waals surface area contributed by atoms with Crippen molar-refractivity contribution in [3.05, 3.63) is 53.7 Å². The third-order valence-electron chi connectivity index (χ3n) is 7.03. The first-order valence-electron chi connectivity index (χ1n) is 12.9. The first kappa shape index (κ1) is 27.3. The fraction of sp³-hybridized carbons (Fsp3) is 0.433. The number of nitrogens with one attached hydrogen (secondary N) is 2. The lowest BCUT2D eigenvalue weighted by molar-refractivity contribution is -0.140. The molecule has 2 aromatic carbocycles. The molecule has 0 saturated heterocycles. The lowest BCUT2D eigenvalue weighted by Crippen LogP contribution is -2.22. The molecule has 5 nitrogen and oxygen atoms in total. The van der Waals surface area contributed by atoms with Crippen LogP contribution >= 0.6 is 0 Å². The molecule has 1 fully saturated rings. The molecule has 1 aromatic heterocycles. The molecule has 0 atom stereocenters. The van der Waals surface area contributed by atoms with Gasteiger partial charge in [-0.05, 0) is 68.5 Å². The molecule has 1 saturated carbocycles. The van der Waals surface area contributed by atoms with Crippen LogP contribution in [-0.2, 0) is 12.0 Å². The molecular weight excluding hydrogens is 489 g/mol. The summed E-state index contributed by atoms with van der Waals surface area (Å²) in [6, 6.07) is 15.3. The monoisotopic (exact) mass is 522 g/mol. The number of hydrogen-bond donors (Lipinski definition) is 2. The Hall–Kier alpha value is -3.78. The van der Waals surface area contributed by atoms with E-state index in [1.165, 1.54) is 11.0 Å². The molecule has 0 spiro atoms. The van der Waals surface area contributed by atoms with Crippen molar-refractivity contribution >= 4 is 22.3 Å². The normalized spacial score (nSPS) is 14.4. The van der Waals surface area contributed by atoms with Gasteiger partial charge in [0.25, 0.3) is 0 Å². The van der Waals surface area contributed by atoms with E-state index in [0.29, 0.717) is 28.7 Å². The Kier molecular flexibility index (Phi) is 8.11. The molecule has 38 heavy (non-hydrogen) atoms. The SMILES string of the molecule is COc1cc(C(C)(C)C#N)ccc1NCC#Cc1cc2c(NC3CCCCC3)cccc2n1CC(F)(F)F. The zero-order valence-electron chi connectivity index (χ0n) is 22.0. The highest BCUT2D eigenvalue weighted by Crippen LogP contribution is 2.33. The van der Waals surface area contributed by atoms with Gasteiger partial charge in [0.15, 0.2) is 0 Å². The maximum Gasteiger partial charge on any atom is 0.406 e. The van der Waals surface area contributed by atoms with E-state index in [1.807, 2.05) is 32.0 Å². The minimum Gasteiger partial charge on any atom is -0.495 e. The lowest BCUT2D eigenvalue weighted by atomic mass is 9.86. The summed E-state index contributed by atoms with van der Waals surface area (Å²) in [6.07, 6.45) is 1.31. The van der Waals surface area contributed by atoms with Crippen LogP contribution in [-0.4, -0.2) is 30.4 Å².